The van der Waals surface area contributed by atoms with E-state index in [1.54, 1.807) is 10.1 Å². The molecule has 6 rings (SSSR count). The van der Waals surface area contributed by atoms with Crippen molar-refractivity contribution in [2.24, 2.45) is 5.16 Å². The number of anilines is 2. The number of aromatic nitrogens is 5. The average Bonchev–Trinajstić information content (AvgIpc) is 3.73. The molecule has 2 aromatic heterocycles. The quantitative estimate of drug-likeness (QED) is 0.0579. The van der Waals surface area contributed by atoms with Crippen molar-refractivity contribution in [3.63, 3.8) is 0 Å². The normalized spacial score (nSPS) is 19.8. The van der Waals surface area contributed by atoms with Crippen molar-refractivity contribution in [2.45, 2.75) is 29.5 Å². The fourth-order valence-electron chi connectivity index (χ4n) is 5.59. The standard InChI is InChI=1S/C28H33N11O5S3.Na/c1-44-33-20(19-16-46-27(29)30-19)23(40)31-21-24(41)39-22(26(42)43)17(14-45-25(21)39)15-47-28-32-34-35-38(28)9-5-8-36-10-12-37(13-11-36)18-6-3-2-4-7-18;/h2-4,6-7,16,21,25H,5,8-15H2,1H3,(H2,29,30)(H,31,40)(H,42,43);/q;+1/p-1/b33-20+;/t21?,25-;/m1./s1. The second kappa shape index (κ2) is 16.5. The van der Waals surface area contributed by atoms with E-state index in [2.05, 4.69) is 65.0 Å². The SMILES string of the molecule is CO/N=C(/C(=O)NC1C(=O)N2C(C(=O)[O-])=C(CSc3nnnn3CCCN3CCN(c4ccccc4)CC3)CS[C@H]12)c1csc(N)n1.[Na+]. The van der Waals surface area contributed by atoms with Crippen molar-refractivity contribution in [1.82, 2.24) is 40.3 Å². The van der Waals surface area contributed by atoms with E-state index < -0.39 is 29.2 Å². The molecule has 2 fully saturated rings. The Morgan fingerprint density at radius 3 is 2.65 bits per heavy atom. The Bertz CT molecular complexity index is 1680. The van der Waals surface area contributed by atoms with Gasteiger partial charge in [-0.25, -0.2) is 9.67 Å². The molecule has 0 aliphatic carbocycles. The second-order valence-corrected chi connectivity index (χ2v) is 13.7. The number of piperazine rings is 1. The first-order valence-electron chi connectivity index (χ1n) is 14.8. The van der Waals surface area contributed by atoms with E-state index in [1.165, 1.54) is 41.2 Å². The van der Waals surface area contributed by atoms with Gasteiger partial charge in [-0.3, -0.25) is 19.4 Å². The van der Waals surface area contributed by atoms with Gasteiger partial charge in [-0.2, -0.15) is 0 Å². The molecule has 48 heavy (non-hydrogen) atoms. The molecule has 3 aliphatic heterocycles. The maximum absolute atomic E-state index is 13.2. The minimum absolute atomic E-state index is 0. The number of nitrogens with two attached hydrogens (primary N) is 1. The third-order valence-corrected chi connectivity index (χ3v) is 11.0. The van der Waals surface area contributed by atoms with Gasteiger partial charge in [0.05, 0.1) is 11.7 Å². The van der Waals surface area contributed by atoms with Gasteiger partial charge < -0.3 is 30.7 Å². The van der Waals surface area contributed by atoms with Gasteiger partial charge in [0, 0.05) is 61.8 Å². The molecule has 1 aromatic carbocycles. The van der Waals surface area contributed by atoms with Crippen LogP contribution in [0.2, 0.25) is 0 Å². The first kappa shape index (κ1) is 36.1. The van der Waals surface area contributed by atoms with Gasteiger partial charge in [0.1, 0.15) is 24.2 Å². The number of hydrogen-bond acceptors (Lipinski definition) is 16. The molecule has 2 saturated heterocycles. The van der Waals surface area contributed by atoms with E-state index >= 15 is 0 Å². The summed E-state index contributed by atoms with van der Waals surface area (Å²) in [6.07, 6.45) is 0.858. The van der Waals surface area contributed by atoms with Gasteiger partial charge in [0.2, 0.25) is 5.16 Å². The summed E-state index contributed by atoms with van der Waals surface area (Å²) in [6.45, 7) is 5.44. The van der Waals surface area contributed by atoms with Crippen molar-refractivity contribution < 1.29 is 53.9 Å². The molecule has 248 valence electrons. The van der Waals surface area contributed by atoms with Crippen molar-refractivity contribution in [1.29, 1.82) is 0 Å². The maximum atomic E-state index is 13.2. The zero-order valence-corrected chi connectivity index (χ0v) is 30.8. The van der Waals surface area contributed by atoms with E-state index in [9.17, 15) is 19.5 Å². The molecule has 0 spiro atoms. The van der Waals surface area contributed by atoms with Gasteiger partial charge in [-0.15, -0.1) is 28.2 Å². The summed E-state index contributed by atoms with van der Waals surface area (Å²) in [7, 11) is 1.28. The third-order valence-electron chi connectivity index (χ3n) is 7.90. The Hall–Kier alpha value is -3.20. The number of hydrogen-bond donors (Lipinski definition) is 2. The number of carbonyl (C=O) groups is 3. The van der Waals surface area contributed by atoms with Crippen LogP contribution in [-0.2, 0) is 25.8 Å². The van der Waals surface area contributed by atoms with Gasteiger partial charge in [0.15, 0.2) is 10.8 Å². The Morgan fingerprint density at radius 2 is 1.96 bits per heavy atom. The van der Waals surface area contributed by atoms with Crippen molar-refractivity contribution in [3.05, 3.63) is 52.7 Å². The third kappa shape index (κ3) is 7.98. The van der Waals surface area contributed by atoms with Gasteiger partial charge in [-0.05, 0) is 34.6 Å². The van der Waals surface area contributed by atoms with Crippen LogP contribution in [0.3, 0.4) is 0 Å². The number of carboxylic acids is 1. The predicted molar refractivity (Wildman–Crippen MR) is 175 cm³/mol. The zero-order chi connectivity index (χ0) is 32.9. The Kier molecular flexibility index (Phi) is 12.4. The number of tetrazole rings is 1. The number of carboxylic acid groups (broad SMARTS) is 1. The van der Waals surface area contributed by atoms with Crippen molar-refractivity contribution >= 4 is 69.2 Å². The number of nitrogens with zero attached hydrogens (tertiary/aromatic N) is 9. The number of fused-ring (bicyclic) bond motifs is 1. The van der Waals surface area contributed by atoms with Crippen LogP contribution in [0.1, 0.15) is 12.1 Å². The number of aryl methyl sites for hydroxylation is 1. The molecule has 1 unspecified atom stereocenters. The summed E-state index contributed by atoms with van der Waals surface area (Å²) >= 11 is 3.78. The number of amides is 2. The van der Waals surface area contributed by atoms with Crippen LogP contribution in [0.25, 0.3) is 0 Å². The summed E-state index contributed by atoms with van der Waals surface area (Å²) in [5, 5.41) is 32.4. The van der Waals surface area contributed by atoms with E-state index in [-0.39, 0.29) is 57.5 Å². The topological polar surface area (TPSA) is 200 Å². The van der Waals surface area contributed by atoms with Crippen LogP contribution in [0.4, 0.5) is 10.8 Å². The number of oxime groups is 1. The molecular weight excluding hydrogens is 690 g/mol. The number of thioether (sulfide) groups is 2. The van der Waals surface area contributed by atoms with E-state index in [0.29, 0.717) is 23.0 Å². The van der Waals surface area contributed by atoms with Gasteiger partial charge in [0.25, 0.3) is 11.8 Å². The molecular formula is C28H32N11NaO5S3. The number of thiazole rings is 1. The number of nitrogen functional groups attached to an aromatic ring is 1. The maximum Gasteiger partial charge on any atom is 1.00 e. The molecule has 16 nitrogen and oxygen atoms in total. The smallest absolute Gasteiger partial charge is 0.543 e. The van der Waals surface area contributed by atoms with E-state index in [4.69, 9.17) is 10.6 Å². The molecule has 3 aliphatic rings. The predicted octanol–water partition coefficient (Wildman–Crippen LogP) is -3.53. The van der Waals surface area contributed by atoms with Crippen LogP contribution in [-0.4, -0.2) is 121 Å². The second-order valence-electron chi connectivity index (χ2n) is 10.8. The Balaban J connectivity index is 0.00000451. The van der Waals surface area contributed by atoms with Crippen molar-refractivity contribution in [2.75, 3.05) is 62.0 Å². The summed E-state index contributed by atoms with van der Waals surface area (Å²) in [6, 6.07) is 9.45. The Labute approximate surface area is 310 Å². The minimum atomic E-state index is -1.46. The number of rotatable bonds is 13. The number of carbonyl (C=O) groups excluding carboxylic acids is 3. The van der Waals surface area contributed by atoms with Gasteiger partial charge in [-0.1, -0.05) is 35.1 Å². The molecule has 0 bridgehead atoms. The molecule has 5 heterocycles. The molecule has 3 N–H and O–H groups in total. The Morgan fingerprint density at radius 1 is 1.19 bits per heavy atom. The first-order valence-corrected chi connectivity index (χ1v) is 17.7. The number of benzene rings is 1. The minimum Gasteiger partial charge on any atom is -0.543 e. The molecule has 2 atom stereocenters. The number of β-lactam (4-membered cyclic amide) rings is 1. The van der Waals surface area contributed by atoms with E-state index in [1.807, 2.05) is 6.07 Å². The molecule has 0 saturated carbocycles. The summed E-state index contributed by atoms with van der Waals surface area (Å²) < 4.78 is 1.72. The zero-order valence-electron chi connectivity index (χ0n) is 26.4. The molecule has 3 aromatic rings. The molecule has 20 heteroatoms. The first-order chi connectivity index (χ1) is 22.8. The summed E-state index contributed by atoms with van der Waals surface area (Å²) in [5.74, 6) is -2.16. The fraction of sp³-hybridized carbons (Fsp3) is 0.429. The van der Waals surface area contributed by atoms with Crippen LogP contribution in [0.15, 0.2) is 57.3 Å². The molecule has 2 amide bonds. The summed E-state index contributed by atoms with van der Waals surface area (Å²) in [5.41, 5.74) is 7.30. The number of aliphatic carboxylic acids is 1. The average molecular weight is 722 g/mol. The molecule has 0 radical (unpaired) electrons. The van der Waals surface area contributed by atoms with Crippen LogP contribution >= 0.6 is 34.9 Å². The van der Waals surface area contributed by atoms with Crippen LogP contribution < -0.4 is 50.6 Å². The monoisotopic (exact) mass is 721 g/mol. The fourth-order valence-corrected chi connectivity index (χ4v) is 8.53. The number of para-hydroxylation sites is 1. The summed E-state index contributed by atoms with van der Waals surface area (Å²) in [4.78, 5) is 53.2. The van der Waals surface area contributed by atoms with Crippen molar-refractivity contribution in [3.8, 4) is 0 Å². The van der Waals surface area contributed by atoms with Gasteiger partial charge >= 0.3 is 29.6 Å². The largest absolute Gasteiger partial charge is 1.00 e. The number of nitrogens with one attached hydrogen (secondary N) is 1. The van der Waals surface area contributed by atoms with E-state index in [0.717, 1.165) is 50.5 Å². The van der Waals surface area contributed by atoms with Crippen LogP contribution in [0, 0.1) is 0 Å². The van der Waals surface area contributed by atoms with Crippen LogP contribution in [0.5, 0.6) is 0 Å².